The Morgan fingerprint density at radius 3 is 2.85 bits per heavy atom. The highest BCUT2D eigenvalue weighted by Gasteiger charge is 2.31. The molecule has 20 heavy (non-hydrogen) atoms. The van der Waals surface area contributed by atoms with Gasteiger partial charge in [0.25, 0.3) is 0 Å². The largest absolute Gasteiger partial charge is 0.478 e. The van der Waals surface area contributed by atoms with Crippen LogP contribution in [-0.4, -0.2) is 23.5 Å². The lowest BCUT2D eigenvalue weighted by Crippen LogP contribution is -2.34. The van der Waals surface area contributed by atoms with Crippen LogP contribution in [0.1, 0.15) is 35.2 Å². The van der Waals surface area contributed by atoms with Crippen molar-refractivity contribution in [2.24, 2.45) is 17.6 Å². The smallest absolute Gasteiger partial charge is 0.335 e. The summed E-state index contributed by atoms with van der Waals surface area (Å²) >= 11 is 0. The molecule has 5 heteroatoms. The third-order valence-corrected chi connectivity index (χ3v) is 3.94. The summed E-state index contributed by atoms with van der Waals surface area (Å²) < 4.78 is 0. The van der Waals surface area contributed by atoms with Gasteiger partial charge in [-0.25, -0.2) is 4.79 Å². The van der Waals surface area contributed by atoms with Gasteiger partial charge >= 0.3 is 5.97 Å². The number of nitrogens with two attached hydrogens (primary N) is 1. The minimum absolute atomic E-state index is 0.00246. The summed E-state index contributed by atoms with van der Waals surface area (Å²) in [6.07, 6.45) is 2.96. The number of hydrogen-bond donors (Lipinski definition) is 3. The van der Waals surface area contributed by atoms with E-state index in [-0.39, 0.29) is 23.3 Å². The highest BCUT2D eigenvalue weighted by atomic mass is 16.4. The van der Waals surface area contributed by atoms with Gasteiger partial charge in [0.05, 0.1) is 5.56 Å². The van der Waals surface area contributed by atoms with E-state index in [1.165, 1.54) is 6.07 Å². The molecule has 0 spiro atoms. The second-order valence-corrected chi connectivity index (χ2v) is 5.26. The lowest BCUT2D eigenvalue weighted by molar-refractivity contribution is -0.126. The molecule has 0 aliphatic heterocycles. The number of hydrogen-bond acceptors (Lipinski definition) is 3. The van der Waals surface area contributed by atoms with Crippen LogP contribution >= 0.6 is 0 Å². The zero-order valence-corrected chi connectivity index (χ0v) is 11.3. The van der Waals surface area contributed by atoms with Crippen molar-refractivity contribution in [3.63, 3.8) is 0 Å². The average Bonchev–Trinajstić information content (AvgIpc) is 2.93. The summed E-state index contributed by atoms with van der Waals surface area (Å²) in [7, 11) is 0. The Morgan fingerprint density at radius 2 is 2.15 bits per heavy atom. The van der Waals surface area contributed by atoms with Crippen molar-refractivity contribution in [2.75, 3.05) is 6.54 Å². The minimum atomic E-state index is -0.961. The molecule has 0 bridgehead atoms. The number of amides is 1. The Kier molecular flexibility index (Phi) is 4.74. The number of benzene rings is 1. The number of aromatic carboxylic acids is 1. The Hall–Kier alpha value is -1.88. The minimum Gasteiger partial charge on any atom is -0.478 e. The van der Waals surface area contributed by atoms with Gasteiger partial charge in [0.2, 0.25) is 5.91 Å². The van der Waals surface area contributed by atoms with Gasteiger partial charge in [0, 0.05) is 12.5 Å². The van der Waals surface area contributed by atoms with Crippen molar-refractivity contribution >= 4 is 11.9 Å². The topological polar surface area (TPSA) is 92.4 Å². The molecular weight excluding hydrogens is 256 g/mol. The number of carboxylic acid groups (broad SMARTS) is 1. The van der Waals surface area contributed by atoms with Crippen LogP contribution in [0, 0.1) is 11.8 Å². The molecule has 2 atom stereocenters. The maximum Gasteiger partial charge on any atom is 0.335 e. The van der Waals surface area contributed by atoms with Gasteiger partial charge in [-0.3, -0.25) is 4.79 Å². The number of rotatable bonds is 5. The molecule has 1 saturated carbocycles. The summed E-state index contributed by atoms with van der Waals surface area (Å²) in [5.74, 6) is -0.654. The van der Waals surface area contributed by atoms with Crippen molar-refractivity contribution in [3.8, 4) is 0 Å². The van der Waals surface area contributed by atoms with Gasteiger partial charge in [-0.1, -0.05) is 18.6 Å². The van der Waals surface area contributed by atoms with Crippen molar-refractivity contribution in [1.29, 1.82) is 0 Å². The molecular formula is C15H20N2O3. The van der Waals surface area contributed by atoms with E-state index in [9.17, 15) is 9.59 Å². The molecule has 0 saturated heterocycles. The zero-order chi connectivity index (χ0) is 14.5. The quantitative estimate of drug-likeness (QED) is 0.757. The van der Waals surface area contributed by atoms with Crippen LogP contribution in [-0.2, 0) is 11.3 Å². The maximum atomic E-state index is 12.1. The van der Waals surface area contributed by atoms with Crippen LogP contribution in [0.5, 0.6) is 0 Å². The molecule has 0 heterocycles. The predicted molar refractivity (Wildman–Crippen MR) is 75.1 cm³/mol. The van der Waals surface area contributed by atoms with Gasteiger partial charge in [-0.05, 0) is 43.0 Å². The van der Waals surface area contributed by atoms with Gasteiger partial charge in [0.15, 0.2) is 0 Å². The zero-order valence-electron chi connectivity index (χ0n) is 11.3. The third kappa shape index (κ3) is 3.36. The summed E-state index contributed by atoms with van der Waals surface area (Å²) in [6, 6.07) is 6.61. The molecule has 5 nitrogen and oxygen atoms in total. The van der Waals surface area contributed by atoms with Gasteiger partial charge < -0.3 is 16.2 Å². The van der Waals surface area contributed by atoms with Gasteiger partial charge in [-0.2, -0.15) is 0 Å². The first-order valence-electron chi connectivity index (χ1n) is 6.92. The van der Waals surface area contributed by atoms with Crippen molar-refractivity contribution < 1.29 is 14.7 Å². The fourth-order valence-corrected chi connectivity index (χ4v) is 2.80. The molecule has 1 aliphatic rings. The van der Waals surface area contributed by atoms with E-state index >= 15 is 0 Å². The monoisotopic (exact) mass is 276 g/mol. The van der Waals surface area contributed by atoms with Crippen LogP contribution in [0.15, 0.2) is 24.3 Å². The normalized spacial score (nSPS) is 21.6. The van der Waals surface area contributed by atoms with E-state index in [0.717, 1.165) is 24.8 Å². The molecule has 2 unspecified atom stereocenters. The molecule has 1 aliphatic carbocycles. The Labute approximate surface area is 118 Å². The number of nitrogens with one attached hydrogen (secondary N) is 1. The van der Waals surface area contributed by atoms with E-state index in [2.05, 4.69) is 5.32 Å². The SMILES string of the molecule is NCC1CCCC1C(=O)NCc1cccc(C(=O)O)c1. The van der Waals surface area contributed by atoms with E-state index in [0.29, 0.717) is 13.1 Å². The summed E-state index contributed by atoms with van der Waals surface area (Å²) in [5.41, 5.74) is 6.70. The first-order chi connectivity index (χ1) is 9.61. The predicted octanol–water partition coefficient (Wildman–Crippen LogP) is 1.38. The van der Waals surface area contributed by atoms with Crippen molar-refractivity contribution in [2.45, 2.75) is 25.8 Å². The first kappa shape index (κ1) is 14.5. The molecule has 2 rings (SSSR count). The highest BCUT2D eigenvalue weighted by molar-refractivity contribution is 5.87. The van der Waals surface area contributed by atoms with E-state index in [1.807, 2.05) is 6.07 Å². The standard InChI is InChI=1S/C15H20N2O3/c16-8-12-5-2-6-13(12)14(18)17-9-10-3-1-4-11(7-10)15(19)20/h1,3-4,7,12-13H,2,5-6,8-9,16H2,(H,17,18)(H,19,20). The fraction of sp³-hybridized carbons (Fsp3) is 0.467. The first-order valence-corrected chi connectivity index (χ1v) is 6.92. The van der Waals surface area contributed by atoms with E-state index < -0.39 is 5.97 Å². The van der Waals surface area contributed by atoms with Crippen LogP contribution in [0.25, 0.3) is 0 Å². The molecule has 0 aromatic heterocycles. The third-order valence-electron chi connectivity index (χ3n) is 3.94. The van der Waals surface area contributed by atoms with Crippen LogP contribution in [0.3, 0.4) is 0 Å². The maximum absolute atomic E-state index is 12.1. The molecule has 108 valence electrons. The van der Waals surface area contributed by atoms with Crippen molar-refractivity contribution in [3.05, 3.63) is 35.4 Å². The van der Waals surface area contributed by atoms with Crippen molar-refractivity contribution in [1.82, 2.24) is 5.32 Å². The second-order valence-electron chi connectivity index (χ2n) is 5.26. The Balaban J connectivity index is 1.93. The summed E-state index contributed by atoms with van der Waals surface area (Å²) in [4.78, 5) is 23.0. The van der Waals surface area contributed by atoms with E-state index in [1.54, 1.807) is 12.1 Å². The van der Waals surface area contributed by atoms with Gasteiger partial charge in [0.1, 0.15) is 0 Å². The molecule has 1 amide bonds. The summed E-state index contributed by atoms with van der Waals surface area (Å²) in [6.45, 7) is 0.903. The average molecular weight is 276 g/mol. The highest BCUT2D eigenvalue weighted by Crippen LogP contribution is 2.30. The fourth-order valence-electron chi connectivity index (χ4n) is 2.80. The summed E-state index contributed by atoms with van der Waals surface area (Å²) in [5, 5.41) is 11.8. The number of carboxylic acids is 1. The molecule has 0 radical (unpaired) electrons. The lowest BCUT2D eigenvalue weighted by atomic mass is 9.95. The van der Waals surface area contributed by atoms with Crippen LogP contribution in [0.4, 0.5) is 0 Å². The molecule has 1 aromatic rings. The second kappa shape index (κ2) is 6.52. The molecule has 1 fully saturated rings. The molecule has 4 N–H and O–H groups in total. The Morgan fingerprint density at radius 1 is 1.35 bits per heavy atom. The van der Waals surface area contributed by atoms with Crippen LogP contribution in [0.2, 0.25) is 0 Å². The van der Waals surface area contributed by atoms with Crippen LogP contribution < -0.4 is 11.1 Å². The molecule has 1 aromatic carbocycles. The number of carbonyl (C=O) groups excluding carboxylic acids is 1. The lowest BCUT2D eigenvalue weighted by Gasteiger charge is -2.17. The number of carbonyl (C=O) groups is 2. The Bertz CT molecular complexity index is 502. The van der Waals surface area contributed by atoms with Gasteiger partial charge in [-0.15, -0.1) is 0 Å². The van der Waals surface area contributed by atoms with E-state index in [4.69, 9.17) is 10.8 Å².